The number of hydrogen-bond acceptors (Lipinski definition) is 4. The molecule has 1 fully saturated rings. The first-order valence-electron chi connectivity index (χ1n) is 6.24. The maximum absolute atomic E-state index is 11.9. The minimum Gasteiger partial charge on any atom is -0.476 e. The number of carbonyl (C=O) groups excluding carboxylic acids is 1. The van der Waals surface area contributed by atoms with Crippen LogP contribution >= 0.6 is 0 Å². The third-order valence-electron chi connectivity index (χ3n) is 3.56. The summed E-state index contributed by atoms with van der Waals surface area (Å²) in [6.45, 7) is 7.30. The lowest BCUT2D eigenvalue weighted by atomic mass is 9.80. The second-order valence-corrected chi connectivity index (χ2v) is 6.02. The number of nitrogens with zero attached hydrogens (tertiary/aromatic N) is 2. The number of likely N-dealkylation sites (tertiary alicyclic amines) is 1. The van der Waals surface area contributed by atoms with Crippen molar-refractivity contribution in [2.45, 2.75) is 33.7 Å². The highest BCUT2D eigenvalue weighted by Gasteiger charge is 2.37. The Bertz CT molecular complexity index is 501. The van der Waals surface area contributed by atoms with Crippen molar-refractivity contribution in [1.82, 2.24) is 10.1 Å². The number of rotatable bonds is 3. The fourth-order valence-electron chi connectivity index (χ4n) is 2.18. The molecule has 0 aliphatic carbocycles. The Labute approximate surface area is 111 Å². The van der Waals surface area contributed by atoms with Gasteiger partial charge in [-0.3, -0.25) is 4.79 Å². The molecule has 104 valence electrons. The fraction of sp³-hybridized carbons (Fsp3) is 0.615. The van der Waals surface area contributed by atoms with Crippen LogP contribution < -0.4 is 0 Å². The smallest absolute Gasteiger partial charge is 0.358 e. The fourth-order valence-corrected chi connectivity index (χ4v) is 2.18. The summed E-state index contributed by atoms with van der Waals surface area (Å²) in [5, 5.41) is 12.2. The van der Waals surface area contributed by atoms with E-state index in [-0.39, 0.29) is 23.6 Å². The van der Waals surface area contributed by atoms with Crippen LogP contribution in [-0.2, 0) is 11.3 Å². The molecule has 19 heavy (non-hydrogen) atoms. The minimum absolute atomic E-state index is 0.0770. The molecular weight excluding hydrogens is 248 g/mol. The highest BCUT2D eigenvalue weighted by molar-refractivity contribution is 5.85. The first-order chi connectivity index (χ1) is 8.77. The predicted octanol–water partition coefficient (Wildman–Crippen LogP) is 1.77. The van der Waals surface area contributed by atoms with E-state index in [0.717, 1.165) is 0 Å². The predicted molar refractivity (Wildman–Crippen MR) is 66.4 cm³/mol. The Hall–Kier alpha value is -1.85. The number of amides is 1. The van der Waals surface area contributed by atoms with E-state index in [2.05, 4.69) is 25.9 Å². The van der Waals surface area contributed by atoms with Crippen molar-refractivity contribution >= 4 is 11.9 Å². The third-order valence-corrected chi connectivity index (χ3v) is 3.56. The molecule has 6 nitrogen and oxygen atoms in total. The molecule has 1 N–H and O–H groups in total. The van der Waals surface area contributed by atoms with Crippen molar-refractivity contribution in [3.05, 3.63) is 17.5 Å². The van der Waals surface area contributed by atoms with E-state index in [4.69, 9.17) is 9.63 Å². The van der Waals surface area contributed by atoms with Crippen LogP contribution in [-0.4, -0.2) is 33.6 Å². The van der Waals surface area contributed by atoms with Gasteiger partial charge in [-0.1, -0.05) is 25.9 Å². The largest absolute Gasteiger partial charge is 0.476 e. The molecule has 1 saturated heterocycles. The van der Waals surface area contributed by atoms with Crippen LogP contribution in [0, 0.1) is 11.3 Å². The number of carbonyl (C=O) groups is 2. The Morgan fingerprint density at radius 1 is 1.58 bits per heavy atom. The molecule has 0 saturated carbocycles. The third kappa shape index (κ3) is 2.94. The van der Waals surface area contributed by atoms with Gasteiger partial charge in [0.05, 0.1) is 6.54 Å². The summed E-state index contributed by atoms with van der Waals surface area (Å²) in [5.41, 5.74) is -0.0491. The van der Waals surface area contributed by atoms with Crippen LogP contribution in [0.25, 0.3) is 0 Å². The number of aromatic carboxylic acids is 1. The van der Waals surface area contributed by atoms with Gasteiger partial charge in [0.15, 0.2) is 11.5 Å². The van der Waals surface area contributed by atoms with Gasteiger partial charge in [-0.25, -0.2) is 4.79 Å². The molecule has 2 rings (SSSR count). The number of aromatic nitrogens is 1. The average Bonchev–Trinajstić information content (AvgIpc) is 2.86. The number of carboxylic acid groups (broad SMARTS) is 1. The van der Waals surface area contributed by atoms with Gasteiger partial charge in [-0.05, 0) is 11.3 Å². The summed E-state index contributed by atoms with van der Waals surface area (Å²) in [4.78, 5) is 24.3. The first kappa shape index (κ1) is 13.6. The zero-order chi connectivity index (χ0) is 14.2. The van der Waals surface area contributed by atoms with Gasteiger partial charge in [0, 0.05) is 19.0 Å². The lowest BCUT2D eigenvalue weighted by molar-refractivity contribution is -0.128. The van der Waals surface area contributed by atoms with Crippen molar-refractivity contribution in [2.75, 3.05) is 6.54 Å². The molecule has 0 bridgehead atoms. The van der Waals surface area contributed by atoms with Crippen molar-refractivity contribution in [3.8, 4) is 0 Å². The summed E-state index contributed by atoms with van der Waals surface area (Å²) in [6.07, 6.45) is 0.531. The van der Waals surface area contributed by atoms with Crippen LogP contribution in [0.4, 0.5) is 0 Å². The van der Waals surface area contributed by atoms with Gasteiger partial charge in [-0.2, -0.15) is 0 Å². The van der Waals surface area contributed by atoms with Crippen LogP contribution in [0.3, 0.4) is 0 Å². The van der Waals surface area contributed by atoms with Crippen molar-refractivity contribution in [1.29, 1.82) is 0 Å². The average molecular weight is 266 g/mol. The number of hydrogen-bond donors (Lipinski definition) is 1. The monoisotopic (exact) mass is 266 g/mol. The van der Waals surface area contributed by atoms with E-state index in [1.807, 2.05) is 0 Å². The lowest BCUT2D eigenvalue weighted by Crippen LogP contribution is -2.27. The highest BCUT2D eigenvalue weighted by Crippen LogP contribution is 2.34. The van der Waals surface area contributed by atoms with E-state index in [1.165, 1.54) is 6.07 Å². The van der Waals surface area contributed by atoms with Gasteiger partial charge < -0.3 is 14.5 Å². The van der Waals surface area contributed by atoms with Gasteiger partial charge >= 0.3 is 5.97 Å². The normalized spacial score (nSPS) is 20.1. The molecule has 2 heterocycles. The van der Waals surface area contributed by atoms with E-state index in [0.29, 0.717) is 24.6 Å². The van der Waals surface area contributed by atoms with Gasteiger partial charge in [0.25, 0.3) is 0 Å². The van der Waals surface area contributed by atoms with Gasteiger partial charge in [0.2, 0.25) is 5.91 Å². The Morgan fingerprint density at radius 3 is 2.74 bits per heavy atom. The summed E-state index contributed by atoms with van der Waals surface area (Å²) in [7, 11) is 0. The topological polar surface area (TPSA) is 83.6 Å². The highest BCUT2D eigenvalue weighted by atomic mass is 16.5. The quantitative estimate of drug-likeness (QED) is 0.901. The molecule has 0 spiro atoms. The Balaban J connectivity index is 2.03. The SMILES string of the molecule is CC(C)(C)C1CC(=O)N(Cc2cc(C(=O)O)no2)C1. The van der Waals surface area contributed by atoms with E-state index >= 15 is 0 Å². The van der Waals surface area contributed by atoms with Crippen LogP contribution in [0.5, 0.6) is 0 Å². The summed E-state index contributed by atoms with van der Waals surface area (Å²) in [6, 6.07) is 1.36. The molecule has 1 atom stereocenters. The summed E-state index contributed by atoms with van der Waals surface area (Å²) < 4.78 is 4.93. The van der Waals surface area contributed by atoms with Crippen molar-refractivity contribution < 1.29 is 19.2 Å². The molecule has 1 amide bonds. The first-order valence-corrected chi connectivity index (χ1v) is 6.24. The second kappa shape index (κ2) is 4.68. The maximum atomic E-state index is 11.9. The standard InChI is InChI=1S/C13H18N2O4/c1-13(2,3)8-4-11(16)15(6-8)7-9-5-10(12(17)18)14-19-9/h5,8H,4,6-7H2,1-3H3,(H,17,18). The van der Waals surface area contributed by atoms with Gasteiger partial charge in [-0.15, -0.1) is 0 Å². The molecule has 1 aromatic rings. The molecule has 1 aliphatic rings. The minimum atomic E-state index is -1.13. The Kier molecular flexibility index (Phi) is 3.34. The second-order valence-electron chi connectivity index (χ2n) is 6.02. The van der Waals surface area contributed by atoms with Crippen molar-refractivity contribution in [3.63, 3.8) is 0 Å². The lowest BCUT2D eigenvalue weighted by Gasteiger charge is -2.26. The van der Waals surface area contributed by atoms with Gasteiger partial charge in [0.1, 0.15) is 0 Å². The van der Waals surface area contributed by atoms with Crippen molar-refractivity contribution in [2.24, 2.45) is 11.3 Å². The number of carboxylic acids is 1. The summed E-state index contributed by atoms with van der Waals surface area (Å²) in [5.74, 6) is -0.342. The van der Waals surface area contributed by atoms with E-state index in [1.54, 1.807) is 4.90 Å². The molecule has 0 radical (unpaired) electrons. The Morgan fingerprint density at radius 2 is 2.26 bits per heavy atom. The molecule has 1 aromatic heterocycles. The van der Waals surface area contributed by atoms with Crippen LogP contribution in [0.15, 0.2) is 10.6 Å². The maximum Gasteiger partial charge on any atom is 0.358 e. The molecular formula is C13H18N2O4. The molecule has 6 heteroatoms. The summed E-state index contributed by atoms with van der Waals surface area (Å²) >= 11 is 0. The zero-order valence-electron chi connectivity index (χ0n) is 11.3. The van der Waals surface area contributed by atoms with Crippen LogP contribution in [0.2, 0.25) is 0 Å². The molecule has 1 unspecified atom stereocenters. The van der Waals surface area contributed by atoms with Crippen LogP contribution in [0.1, 0.15) is 43.4 Å². The van der Waals surface area contributed by atoms with E-state index < -0.39 is 5.97 Å². The zero-order valence-corrected chi connectivity index (χ0v) is 11.3. The molecule has 1 aliphatic heterocycles. The molecule has 0 aromatic carbocycles. The van der Waals surface area contributed by atoms with E-state index in [9.17, 15) is 9.59 Å².